The number of sulfonamides is 1. The molecule has 1 aromatic heterocycles. The van der Waals surface area contributed by atoms with Gasteiger partial charge in [-0.1, -0.05) is 0 Å². The Labute approximate surface area is 106 Å². The summed E-state index contributed by atoms with van der Waals surface area (Å²) in [6, 6.07) is 2.48. The largest absolute Gasteiger partial charge is 0.293 e. The zero-order valence-electron chi connectivity index (χ0n) is 9.20. The van der Waals surface area contributed by atoms with Gasteiger partial charge in [-0.15, -0.1) is 0 Å². The second-order valence-electron chi connectivity index (χ2n) is 3.46. The molecule has 0 aliphatic heterocycles. The summed E-state index contributed by atoms with van der Waals surface area (Å²) in [5.74, 6) is -0.796. The lowest BCUT2D eigenvalue weighted by molar-refractivity contribution is -0.383. The lowest BCUT2D eigenvalue weighted by Crippen LogP contribution is -2.13. The summed E-state index contributed by atoms with van der Waals surface area (Å²) in [5, 5.41) is 16.5. The number of nitrogens with zero attached hydrogens (tertiary/aromatic N) is 2. The molecule has 0 fully saturated rings. The number of aromatic nitrogens is 2. The van der Waals surface area contributed by atoms with Crippen molar-refractivity contribution < 1.29 is 17.7 Å². The number of H-pyrrole nitrogens is 1. The molecule has 1 heterocycles. The van der Waals surface area contributed by atoms with Crippen molar-refractivity contribution in [1.29, 1.82) is 0 Å². The summed E-state index contributed by atoms with van der Waals surface area (Å²) in [6.07, 6.45) is 2.11. The van der Waals surface area contributed by atoms with Gasteiger partial charge in [0.25, 0.3) is 15.7 Å². The molecule has 2 N–H and O–H groups in total. The van der Waals surface area contributed by atoms with Crippen molar-refractivity contribution >= 4 is 21.4 Å². The summed E-state index contributed by atoms with van der Waals surface area (Å²) in [6.45, 7) is 0. The molecule has 1 aromatic carbocycles. The van der Waals surface area contributed by atoms with Gasteiger partial charge in [0.1, 0.15) is 16.4 Å². The van der Waals surface area contributed by atoms with E-state index in [4.69, 9.17) is 0 Å². The van der Waals surface area contributed by atoms with Gasteiger partial charge in [0, 0.05) is 18.3 Å². The van der Waals surface area contributed by atoms with Gasteiger partial charge < -0.3 is 0 Å². The van der Waals surface area contributed by atoms with E-state index in [9.17, 15) is 22.9 Å². The fraction of sp³-hybridized carbons (Fsp3) is 0. The summed E-state index contributed by atoms with van der Waals surface area (Å²) < 4.78 is 38.7. The molecule has 0 aliphatic rings. The number of nitrogens with one attached hydrogen (secondary N) is 2. The third-order valence-corrected chi connectivity index (χ3v) is 3.52. The normalized spacial score (nSPS) is 11.2. The van der Waals surface area contributed by atoms with Crippen LogP contribution in [0.1, 0.15) is 0 Å². The van der Waals surface area contributed by atoms with Gasteiger partial charge in [-0.25, -0.2) is 12.8 Å². The Balaban J connectivity index is 2.44. The highest BCUT2D eigenvalue weighted by atomic mass is 32.2. The maximum Gasteiger partial charge on any atom is 0.293 e. The average molecular weight is 286 g/mol. The molecule has 0 radical (unpaired) electrons. The molecular formula is C9H7FN4O4S. The lowest BCUT2D eigenvalue weighted by Gasteiger charge is -2.06. The highest BCUT2D eigenvalue weighted by Crippen LogP contribution is 2.27. The predicted octanol–water partition coefficient (Wildman–Crippen LogP) is 1.26. The Kier molecular flexibility index (Phi) is 3.17. The number of halogens is 1. The van der Waals surface area contributed by atoms with Crippen molar-refractivity contribution in [3.63, 3.8) is 0 Å². The van der Waals surface area contributed by atoms with Crippen molar-refractivity contribution in [2.24, 2.45) is 0 Å². The van der Waals surface area contributed by atoms with Crippen LogP contribution in [0.15, 0.2) is 35.5 Å². The summed E-state index contributed by atoms with van der Waals surface area (Å²) in [7, 11) is -4.06. The molecule has 0 spiro atoms. The quantitative estimate of drug-likeness (QED) is 0.648. The van der Waals surface area contributed by atoms with Gasteiger partial charge in [-0.3, -0.25) is 19.9 Å². The second kappa shape index (κ2) is 4.65. The predicted molar refractivity (Wildman–Crippen MR) is 62.5 cm³/mol. The van der Waals surface area contributed by atoms with E-state index in [1.54, 1.807) is 0 Å². The number of aromatic amines is 1. The van der Waals surface area contributed by atoms with Crippen molar-refractivity contribution in [2.45, 2.75) is 4.90 Å². The van der Waals surface area contributed by atoms with Gasteiger partial charge in [0.15, 0.2) is 0 Å². The molecule has 0 amide bonds. The maximum absolute atomic E-state index is 13.1. The minimum atomic E-state index is -4.06. The number of rotatable bonds is 4. The first-order chi connectivity index (χ1) is 8.90. The molecule has 10 heteroatoms. The number of benzene rings is 1. The van der Waals surface area contributed by atoms with Crippen LogP contribution in [-0.2, 0) is 10.0 Å². The van der Waals surface area contributed by atoms with Gasteiger partial charge in [-0.05, 0) is 6.07 Å². The third kappa shape index (κ3) is 2.68. The smallest absolute Gasteiger partial charge is 0.284 e. The Morgan fingerprint density at radius 3 is 2.74 bits per heavy atom. The van der Waals surface area contributed by atoms with Crippen LogP contribution in [0.25, 0.3) is 0 Å². The van der Waals surface area contributed by atoms with Crippen molar-refractivity contribution in [1.82, 2.24) is 10.2 Å². The van der Waals surface area contributed by atoms with Gasteiger partial charge in [0.2, 0.25) is 0 Å². The number of nitro groups is 1. The fourth-order valence-electron chi connectivity index (χ4n) is 1.34. The first-order valence-corrected chi connectivity index (χ1v) is 6.34. The molecule has 19 heavy (non-hydrogen) atoms. The van der Waals surface area contributed by atoms with E-state index in [0.29, 0.717) is 0 Å². The first-order valence-electron chi connectivity index (χ1n) is 4.86. The average Bonchev–Trinajstić information content (AvgIpc) is 2.81. The van der Waals surface area contributed by atoms with E-state index in [1.807, 2.05) is 4.72 Å². The van der Waals surface area contributed by atoms with E-state index in [-0.39, 0.29) is 4.90 Å². The Morgan fingerprint density at radius 1 is 1.42 bits per heavy atom. The molecule has 0 atom stereocenters. The second-order valence-corrected chi connectivity index (χ2v) is 5.14. The number of nitro benzene ring substituents is 1. The van der Waals surface area contributed by atoms with E-state index >= 15 is 0 Å². The standard InChI is InChI=1S/C9H7FN4O4S/c10-6-1-2-9(14(15)16)8(3-6)13-19(17,18)7-4-11-12-5-7/h1-5,13H,(H,11,12). The van der Waals surface area contributed by atoms with E-state index in [1.165, 1.54) is 0 Å². The lowest BCUT2D eigenvalue weighted by atomic mass is 10.3. The first kappa shape index (κ1) is 13.0. The van der Waals surface area contributed by atoms with Crippen LogP contribution in [-0.4, -0.2) is 23.5 Å². The van der Waals surface area contributed by atoms with Crippen LogP contribution in [0, 0.1) is 15.9 Å². The maximum atomic E-state index is 13.1. The number of anilines is 1. The SMILES string of the molecule is O=[N+]([O-])c1ccc(F)cc1NS(=O)(=O)c1cn[nH]c1. The molecule has 0 saturated carbocycles. The number of hydrogen-bond donors (Lipinski definition) is 2. The Bertz CT molecular complexity index is 714. The summed E-state index contributed by atoms with van der Waals surface area (Å²) in [4.78, 5) is 9.71. The van der Waals surface area contributed by atoms with Crippen LogP contribution in [0.2, 0.25) is 0 Å². The van der Waals surface area contributed by atoms with Crippen LogP contribution in [0.3, 0.4) is 0 Å². The minimum Gasteiger partial charge on any atom is -0.284 e. The van der Waals surface area contributed by atoms with Crippen molar-refractivity contribution in [3.8, 4) is 0 Å². The molecular weight excluding hydrogens is 279 g/mol. The summed E-state index contributed by atoms with van der Waals surface area (Å²) in [5.41, 5.74) is -1.00. The third-order valence-electron chi connectivity index (χ3n) is 2.18. The molecule has 0 unspecified atom stereocenters. The van der Waals surface area contributed by atoms with Crippen LogP contribution in [0.5, 0.6) is 0 Å². The Hall–Kier alpha value is -2.49. The molecule has 100 valence electrons. The minimum absolute atomic E-state index is 0.217. The van der Waals surface area contributed by atoms with Crippen LogP contribution < -0.4 is 4.72 Å². The van der Waals surface area contributed by atoms with Crippen molar-refractivity contribution in [2.75, 3.05) is 4.72 Å². The van der Waals surface area contributed by atoms with Crippen molar-refractivity contribution in [3.05, 3.63) is 46.5 Å². The van der Waals surface area contributed by atoms with Gasteiger partial charge in [0.05, 0.1) is 11.1 Å². The number of hydrogen-bond acceptors (Lipinski definition) is 5. The Morgan fingerprint density at radius 2 is 2.16 bits per heavy atom. The highest BCUT2D eigenvalue weighted by molar-refractivity contribution is 7.92. The topological polar surface area (TPSA) is 118 Å². The summed E-state index contributed by atoms with van der Waals surface area (Å²) >= 11 is 0. The van der Waals surface area contributed by atoms with Crippen LogP contribution in [0.4, 0.5) is 15.8 Å². The molecule has 2 aromatic rings. The molecule has 8 nitrogen and oxygen atoms in total. The zero-order chi connectivity index (χ0) is 14.0. The van der Waals surface area contributed by atoms with Crippen LogP contribution >= 0.6 is 0 Å². The van der Waals surface area contributed by atoms with E-state index in [2.05, 4.69) is 10.2 Å². The molecule has 0 aliphatic carbocycles. The molecule has 0 saturated heterocycles. The monoisotopic (exact) mass is 286 g/mol. The molecule has 2 rings (SSSR count). The van der Waals surface area contributed by atoms with Gasteiger partial charge in [-0.2, -0.15) is 5.10 Å². The highest BCUT2D eigenvalue weighted by Gasteiger charge is 2.22. The molecule has 0 bridgehead atoms. The fourth-order valence-corrected chi connectivity index (χ4v) is 2.31. The van der Waals surface area contributed by atoms with Gasteiger partial charge >= 0.3 is 0 Å². The zero-order valence-corrected chi connectivity index (χ0v) is 10.0. The van der Waals surface area contributed by atoms with E-state index in [0.717, 1.165) is 30.6 Å². The van der Waals surface area contributed by atoms with E-state index < -0.39 is 32.1 Å².